The fraction of sp³-hybridized carbons (Fsp3) is 0.263. The molecule has 0 aliphatic carbocycles. The normalized spacial score (nSPS) is 16.8. The van der Waals surface area contributed by atoms with Crippen LogP contribution in [0.15, 0.2) is 58.3 Å². The van der Waals surface area contributed by atoms with Gasteiger partial charge >= 0.3 is 17.4 Å². The van der Waals surface area contributed by atoms with Gasteiger partial charge in [0.2, 0.25) is 11.8 Å². The smallest absolute Gasteiger partial charge is 0.325 e. The Morgan fingerprint density at radius 3 is 2.31 bits per heavy atom. The molecule has 1 aliphatic heterocycles. The maximum atomic E-state index is 13.8. The van der Waals surface area contributed by atoms with Crippen molar-refractivity contribution in [3.63, 3.8) is 0 Å². The molecule has 1 aliphatic rings. The second kappa shape index (κ2) is 8.85. The number of hydrogen-bond acceptors (Lipinski definition) is 4. The van der Waals surface area contributed by atoms with Crippen molar-refractivity contribution in [2.24, 2.45) is 0 Å². The predicted octanol–water partition coefficient (Wildman–Crippen LogP) is 6.01. The van der Waals surface area contributed by atoms with E-state index < -0.39 is 51.1 Å². The molecule has 0 bridgehead atoms. The molecule has 4 nitrogen and oxygen atoms in total. The molecular formula is C19H13F7N2O2S2. The van der Waals surface area contributed by atoms with Crippen LogP contribution < -0.4 is 10.6 Å². The van der Waals surface area contributed by atoms with Crippen LogP contribution in [0.5, 0.6) is 0 Å². The molecule has 13 heteroatoms. The van der Waals surface area contributed by atoms with E-state index in [1.807, 2.05) is 0 Å². The summed E-state index contributed by atoms with van der Waals surface area (Å²) >= 11 is 0.0851. The van der Waals surface area contributed by atoms with Crippen molar-refractivity contribution in [3.05, 3.63) is 48.5 Å². The summed E-state index contributed by atoms with van der Waals surface area (Å²) in [6.45, 7) is 0. The number of carbonyl (C=O) groups excluding carboxylic acids is 2. The van der Waals surface area contributed by atoms with Crippen LogP contribution in [0.3, 0.4) is 0 Å². The van der Waals surface area contributed by atoms with Gasteiger partial charge in [-0.05, 0) is 36.0 Å². The lowest BCUT2D eigenvalue weighted by atomic mass is 10.2. The highest BCUT2D eigenvalue weighted by atomic mass is 32.2. The first kappa shape index (κ1) is 24.2. The average Bonchev–Trinajstić information content (AvgIpc) is 2.69. The molecule has 1 heterocycles. The molecule has 0 saturated heterocycles. The van der Waals surface area contributed by atoms with Crippen LogP contribution >= 0.6 is 23.5 Å². The van der Waals surface area contributed by atoms with E-state index in [9.17, 15) is 40.3 Å². The van der Waals surface area contributed by atoms with Gasteiger partial charge in [0.15, 0.2) is 0 Å². The van der Waals surface area contributed by atoms with Gasteiger partial charge in [-0.1, -0.05) is 24.3 Å². The highest BCUT2D eigenvalue weighted by Gasteiger charge is 2.73. The number of hydrogen-bond donors (Lipinski definition) is 2. The molecule has 2 N–H and O–H groups in total. The number of carbonyl (C=O) groups is 2. The van der Waals surface area contributed by atoms with Crippen molar-refractivity contribution in [2.45, 2.75) is 38.8 Å². The fourth-order valence-corrected chi connectivity index (χ4v) is 4.63. The first-order valence-corrected chi connectivity index (χ1v) is 10.5. The zero-order valence-corrected chi connectivity index (χ0v) is 17.3. The lowest BCUT2D eigenvalue weighted by molar-refractivity contribution is -0.330. The van der Waals surface area contributed by atoms with Gasteiger partial charge in [0.05, 0.1) is 16.6 Å². The van der Waals surface area contributed by atoms with E-state index in [-0.39, 0.29) is 12.1 Å². The topological polar surface area (TPSA) is 58.2 Å². The Hall–Kier alpha value is -2.41. The van der Waals surface area contributed by atoms with E-state index in [1.54, 1.807) is 24.3 Å². The first-order valence-electron chi connectivity index (χ1n) is 8.78. The molecule has 0 radical (unpaired) electrons. The number of thioether (sulfide) groups is 2. The van der Waals surface area contributed by atoms with Crippen LogP contribution in [-0.4, -0.2) is 34.4 Å². The van der Waals surface area contributed by atoms with Gasteiger partial charge in [-0.3, -0.25) is 9.59 Å². The number of amides is 2. The van der Waals surface area contributed by atoms with Gasteiger partial charge in [-0.2, -0.15) is 30.7 Å². The van der Waals surface area contributed by atoms with Crippen molar-refractivity contribution >= 4 is 46.7 Å². The third kappa shape index (κ3) is 4.98. The lowest BCUT2D eigenvalue weighted by Crippen LogP contribution is -2.49. The van der Waals surface area contributed by atoms with Gasteiger partial charge in [0.25, 0.3) is 0 Å². The minimum atomic E-state index is -6.47. The van der Waals surface area contributed by atoms with E-state index in [2.05, 4.69) is 10.6 Å². The molecule has 0 fully saturated rings. The number of rotatable bonds is 6. The van der Waals surface area contributed by atoms with E-state index in [0.29, 0.717) is 10.6 Å². The SMILES string of the molecule is O=C(C[C@H]1Sc2ccccc2NC1=O)Nc1ccccc1SC(F)(F)C(F)(F)C(F)(F)F. The minimum Gasteiger partial charge on any atom is -0.325 e. The summed E-state index contributed by atoms with van der Waals surface area (Å²) in [5, 5.41) is -1.57. The van der Waals surface area contributed by atoms with Crippen molar-refractivity contribution in [1.29, 1.82) is 0 Å². The van der Waals surface area contributed by atoms with E-state index in [0.717, 1.165) is 30.0 Å². The van der Waals surface area contributed by atoms with Crippen molar-refractivity contribution < 1.29 is 40.3 Å². The van der Waals surface area contributed by atoms with Crippen LogP contribution in [0, 0.1) is 0 Å². The average molecular weight is 498 g/mol. The second-order valence-electron chi connectivity index (χ2n) is 6.53. The molecule has 2 aromatic rings. The summed E-state index contributed by atoms with van der Waals surface area (Å²) in [5.41, 5.74) is 0.176. The summed E-state index contributed by atoms with van der Waals surface area (Å²) in [6, 6.07) is 11.2. The third-order valence-corrected chi connectivity index (χ3v) is 6.56. The van der Waals surface area contributed by atoms with Crippen molar-refractivity contribution in [1.82, 2.24) is 0 Å². The summed E-state index contributed by atoms with van der Waals surface area (Å²) < 4.78 is 91.2. The van der Waals surface area contributed by atoms with E-state index >= 15 is 0 Å². The number of benzene rings is 2. The van der Waals surface area contributed by atoms with Crippen LogP contribution in [0.2, 0.25) is 0 Å². The number of fused-ring (bicyclic) bond motifs is 1. The monoisotopic (exact) mass is 498 g/mol. The maximum Gasteiger partial charge on any atom is 0.460 e. The van der Waals surface area contributed by atoms with Gasteiger partial charge in [0.1, 0.15) is 0 Å². The van der Waals surface area contributed by atoms with Crippen LogP contribution in [0.4, 0.5) is 42.1 Å². The number of nitrogens with one attached hydrogen (secondary N) is 2. The molecule has 2 aromatic carbocycles. The zero-order chi connectivity index (χ0) is 23.7. The van der Waals surface area contributed by atoms with E-state index in [1.165, 1.54) is 6.07 Å². The highest BCUT2D eigenvalue weighted by Crippen LogP contribution is 2.54. The van der Waals surface area contributed by atoms with Gasteiger partial charge in [-0.15, -0.1) is 11.8 Å². The Balaban J connectivity index is 1.73. The van der Waals surface area contributed by atoms with Gasteiger partial charge in [0, 0.05) is 16.2 Å². The molecule has 0 saturated carbocycles. The van der Waals surface area contributed by atoms with Crippen molar-refractivity contribution in [3.8, 4) is 0 Å². The fourth-order valence-electron chi connectivity index (χ4n) is 2.62. The number of alkyl halides is 7. The maximum absolute atomic E-state index is 13.8. The third-order valence-electron chi connectivity index (χ3n) is 4.20. The molecule has 2 amide bonds. The predicted molar refractivity (Wildman–Crippen MR) is 106 cm³/mol. The summed E-state index contributed by atoms with van der Waals surface area (Å²) in [5.74, 6) is -7.58. The Labute approximate surface area is 185 Å². The molecule has 0 unspecified atom stereocenters. The molecule has 0 spiro atoms. The molecular weight excluding hydrogens is 485 g/mol. The number of anilines is 2. The van der Waals surface area contributed by atoms with E-state index in [4.69, 9.17) is 0 Å². The molecule has 3 rings (SSSR count). The first-order chi connectivity index (χ1) is 14.8. The Morgan fingerprint density at radius 1 is 1.00 bits per heavy atom. The number of halogens is 7. The largest absolute Gasteiger partial charge is 0.460 e. The Morgan fingerprint density at radius 2 is 1.62 bits per heavy atom. The zero-order valence-electron chi connectivity index (χ0n) is 15.7. The molecule has 32 heavy (non-hydrogen) atoms. The molecule has 172 valence electrons. The van der Waals surface area contributed by atoms with Crippen LogP contribution in [0.25, 0.3) is 0 Å². The summed E-state index contributed by atoms with van der Waals surface area (Å²) in [4.78, 5) is 24.6. The Bertz CT molecular complexity index is 1030. The van der Waals surface area contributed by atoms with Gasteiger partial charge < -0.3 is 10.6 Å². The minimum absolute atomic E-state index is 0.387. The van der Waals surface area contributed by atoms with Crippen molar-refractivity contribution in [2.75, 3.05) is 10.6 Å². The second-order valence-corrected chi connectivity index (χ2v) is 8.93. The lowest BCUT2D eigenvalue weighted by Gasteiger charge is -2.28. The summed E-state index contributed by atoms with van der Waals surface area (Å²) in [6.07, 6.45) is -6.86. The molecule has 0 aromatic heterocycles. The Kier molecular flexibility index (Phi) is 6.70. The van der Waals surface area contributed by atoms with Crippen LogP contribution in [-0.2, 0) is 9.59 Å². The quantitative estimate of drug-likeness (QED) is 0.378. The van der Waals surface area contributed by atoms with Crippen LogP contribution in [0.1, 0.15) is 6.42 Å². The standard InChI is InChI=1S/C19H13F7N2O2S2/c20-17(21,18(22,23)24)19(25,26)32-13-8-4-2-6-11(13)27-15(29)9-14-16(30)28-10-5-1-3-7-12(10)31-14/h1-8,14H,9H2,(H,27,29)(H,28,30)/t14-/m1/s1. The highest BCUT2D eigenvalue weighted by molar-refractivity contribution is 8.01. The van der Waals surface area contributed by atoms with Gasteiger partial charge in [-0.25, -0.2) is 0 Å². The summed E-state index contributed by atoms with van der Waals surface area (Å²) in [7, 11) is 0. The molecule has 1 atom stereocenters. The number of para-hydroxylation sites is 2.